The smallest absolute Gasteiger partial charge is 0.280 e. The normalized spacial score (nSPS) is 11.9. The second-order valence-electron chi connectivity index (χ2n) is 5.53. The molecule has 0 saturated carbocycles. The highest BCUT2D eigenvalue weighted by atomic mass is 32.2. The molecule has 7 nitrogen and oxygen atoms in total. The van der Waals surface area contributed by atoms with Gasteiger partial charge in [0.15, 0.2) is 0 Å². The first-order valence-electron chi connectivity index (χ1n) is 7.74. The van der Waals surface area contributed by atoms with Crippen molar-refractivity contribution in [2.75, 3.05) is 25.2 Å². The van der Waals surface area contributed by atoms with Crippen molar-refractivity contribution in [3.05, 3.63) is 52.1 Å². The number of hydroxylamine groups is 2. The van der Waals surface area contributed by atoms with E-state index in [0.29, 0.717) is 0 Å². The third kappa shape index (κ3) is 5.07. The number of hydrogen-bond donors (Lipinski definition) is 3. The molecule has 2 rings (SSSR count). The van der Waals surface area contributed by atoms with Gasteiger partial charge < -0.3 is 15.4 Å². The summed E-state index contributed by atoms with van der Waals surface area (Å²) in [4.78, 5) is 32.6. The first kappa shape index (κ1) is 20.0. The number of halogens is 1. The molecule has 2 aromatic rings. The van der Waals surface area contributed by atoms with Crippen LogP contribution in [0.15, 0.2) is 40.0 Å². The topological polar surface area (TPSA) is 94.7 Å². The minimum Gasteiger partial charge on any atom is -0.391 e. The van der Waals surface area contributed by atoms with E-state index in [0.717, 1.165) is 9.96 Å². The van der Waals surface area contributed by atoms with E-state index in [9.17, 15) is 19.1 Å². The van der Waals surface area contributed by atoms with Crippen molar-refractivity contribution < 1.29 is 19.1 Å². The number of aromatic amines is 1. The Morgan fingerprint density at radius 3 is 2.77 bits per heavy atom. The fourth-order valence-corrected chi connectivity index (χ4v) is 2.48. The second kappa shape index (κ2) is 8.84. The maximum Gasteiger partial charge on any atom is 0.280 e. The molecule has 1 aromatic heterocycles. The number of aliphatic hydroxyl groups excluding tert-OH is 1. The van der Waals surface area contributed by atoms with Gasteiger partial charge >= 0.3 is 0 Å². The van der Waals surface area contributed by atoms with Gasteiger partial charge in [0.2, 0.25) is 5.56 Å². The molecule has 0 spiro atoms. The zero-order valence-electron chi connectivity index (χ0n) is 14.6. The summed E-state index contributed by atoms with van der Waals surface area (Å²) < 4.78 is 14.2. The number of carbonyl (C=O) groups is 1. The molecule has 9 heteroatoms. The van der Waals surface area contributed by atoms with Crippen LogP contribution in [0.25, 0.3) is 0 Å². The number of hydrogen-bond acceptors (Lipinski definition) is 6. The molecule has 0 bridgehead atoms. The molecule has 26 heavy (non-hydrogen) atoms. The van der Waals surface area contributed by atoms with Gasteiger partial charge in [-0.2, -0.15) is 0 Å². The number of aromatic nitrogens is 1. The lowest BCUT2D eigenvalue weighted by Crippen LogP contribution is -2.31. The summed E-state index contributed by atoms with van der Waals surface area (Å²) in [5.41, 5.74) is -0.241. The monoisotopic (exact) mass is 381 g/mol. The average Bonchev–Trinajstić information content (AvgIpc) is 2.60. The fraction of sp³-hybridized carbons (Fsp3) is 0.294. The zero-order valence-corrected chi connectivity index (χ0v) is 15.4. The second-order valence-corrected chi connectivity index (χ2v) is 6.41. The van der Waals surface area contributed by atoms with E-state index in [4.69, 9.17) is 4.84 Å². The summed E-state index contributed by atoms with van der Waals surface area (Å²) >= 11 is 1.40. The SMILES string of the molecule is CSc1ccc(Nc2[nH]c(=O)ccc2C(=O)N(C)OC[C@H](C)O)c(F)c1. The Labute approximate surface area is 154 Å². The summed E-state index contributed by atoms with van der Waals surface area (Å²) in [6.45, 7) is 1.45. The average molecular weight is 381 g/mol. The molecule has 3 N–H and O–H groups in total. The Morgan fingerprint density at radius 1 is 1.42 bits per heavy atom. The maximum absolute atomic E-state index is 14.2. The highest BCUT2D eigenvalue weighted by Crippen LogP contribution is 2.25. The third-order valence-electron chi connectivity index (χ3n) is 3.38. The Bertz CT molecular complexity index is 841. The molecule has 0 aliphatic heterocycles. The molecule has 1 heterocycles. The fourth-order valence-electron chi connectivity index (χ4n) is 2.06. The quantitative estimate of drug-likeness (QED) is 0.504. The van der Waals surface area contributed by atoms with Crippen molar-refractivity contribution in [3.63, 3.8) is 0 Å². The Morgan fingerprint density at radius 2 is 2.15 bits per heavy atom. The first-order valence-corrected chi connectivity index (χ1v) is 8.97. The van der Waals surface area contributed by atoms with Crippen molar-refractivity contribution in [2.24, 2.45) is 0 Å². The number of nitrogens with zero attached hydrogens (tertiary/aromatic N) is 1. The summed E-state index contributed by atoms with van der Waals surface area (Å²) in [6.07, 6.45) is 1.08. The first-order chi connectivity index (χ1) is 12.3. The van der Waals surface area contributed by atoms with Gasteiger partial charge in [0, 0.05) is 18.0 Å². The molecule has 140 valence electrons. The maximum atomic E-state index is 14.2. The lowest BCUT2D eigenvalue weighted by molar-refractivity contribution is -0.127. The number of rotatable bonds is 7. The van der Waals surface area contributed by atoms with E-state index in [1.165, 1.54) is 50.0 Å². The van der Waals surface area contributed by atoms with Crippen molar-refractivity contribution in [1.82, 2.24) is 10.0 Å². The number of anilines is 2. The molecule has 0 unspecified atom stereocenters. The molecule has 0 fully saturated rings. The zero-order chi connectivity index (χ0) is 19.3. The Balaban J connectivity index is 2.30. The predicted octanol–water partition coefficient (Wildman–Crippen LogP) is 2.36. The number of aliphatic hydroxyl groups is 1. The summed E-state index contributed by atoms with van der Waals surface area (Å²) in [6, 6.07) is 7.10. The number of benzene rings is 1. The molecule has 0 aliphatic carbocycles. The van der Waals surface area contributed by atoms with Gasteiger partial charge in [-0.15, -0.1) is 11.8 Å². The van der Waals surface area contributed by atoms with Crippen LogP contribution in [-0.2, 0) is 4.84 Å². The standard InChI is InChI=1S/C17H20FN3O4S/c1-10(22)9-25-21(2)17(24)12-5-7-15(23)20-16(12)19-14-6-4-11(26-3)8-13(14)18/h4-8,10,22H,9H2,1-3H3,(H2,19,20,23)/t10-/m0/s1. The number of H-pyrrole nitrogens is 1. The van der Waals surface area contributed by atoms with E-state index >= 15 is 0 Å². The van der Waals surface area contributed by atoms with Gasteiger partial charge in [0.1, 0.15) is 18.2 Å². The van der Waals surface area contributed by atoms with Gasteiger partial charge in [-0.1, -0.05) is 0 Å². The lowest BCUT2D eigenvalue weighted by Gasteiger charge is -2.19. The van der Waals surface area contributed by atoms with Crippen molar-refractivity contribution in [1.29, 1.82) is 0 Å². The van der Waals surface area contributed by atoms with Gasteiger partial charge in [-0.3, -0.25) is 14.4 Å². The molecule has 0 saturated heterocycles. The lowest BCUT2D eigenvalue weighted by atomic mass is 10.2. The van der Waals surface area contributed by atoms with Gasteiger partial charge in [0.05, 0.1) is 17.4 Å². The highest BCUT2D eigenvalue weighted by Gasteiger charge is 2.19. The van der Waals surface area contributed by atoms with Crippen LogP contribution in [0.5, 0.6) is 0 Å². The van der Waals surface area contributed by atoms with E-state index < -0.39 is 23.4 Å². The number of pyridine rings is 1. The largest absolute Gasteiger partial charge is 0.391 e. The van der Waals surface area contributed by atoms with Crippen LogP contribution in [0.2, 0.25) is 0 Å². The Hall–Kier alpha value is -2.36. The molecule has 0 radical (unpaired) electrons. The van der Waals surface area contributed by atoms with Crippen LogP contribution in [0.4, 0.5) is 15.9 Å². The summed E-state index contributed by atoms with van der Waals surface area (Å²) in [7, 11) is 1.38. The van der Waals surface area contributed by atoms with Crippen molar-refractivity contribution in [3.8, 4) is 0 Å². The summed E-state index contributed by atoms with van der Waals surface area (Å²) in [5, 5.41) is 12.9. The van der Waals surface area contributed by atoms with Crippen LogP contribution in [0.1, 0.15) is 17.3 Å². The van der Waals surface area contributed by atoms with E-state index in [1.807, 2.05) is 6.26 Å². The van der Waals surface area contributed by atoms with Crippen molar-refractivity contribution >= 4 is 29.2 Å². The highest BCUT2D eigenvalue weighted by molar-refractivity contribution is 7.98. The van der Waals surface area contributed by atoms with E-state index in [-0.39, 0.29) is 23.7 Å². The van der Waals surface area contributed by atoms with Crippen LogP contribution in [0, 0.1) is 5.82 Å². The molecule has 1 amide bonds. The van der Waals surface area contributed by atoms with Crippen LogP contribution < -0.4 is 10.9 Å². The Kier molecular flexibility index (Phi) is 6.78. The number of nitrogens with one attached hydrogen (secondary N) is 2. The van der Waals surface area contributed by atoms with Crippen LogP contribution in [-0.4, -0.2) is 47.1 Å². The van der Waals surface area contributed by atoms with Gasteiger partial charge in [0.25, 0.3) is 5.91 Å². The number of thioether (sulfide) groups is 1. The van der Waals surface area contributed by atoms with Gasteiger partial charge in [-0.05, 0) is 37.4 Å². The van der Waals surface area contributed by atoms with Gasteiger partial charge in [-0.25, -0.2) is 9.45 Å². The molecule has 1 atom stereocenters. The van der Waals surface area contributed by atoms with E-state index in [1.54, 1.807) is 6.07 Å². The third-order valence-corrected chi connectivity index (χ3v) is 4.11. The molecule has 0 aliphatic rings. The summed E-state index contributed by atoms with van der Waals surface area (Å²) in [5.74, 6) is -1.03. The predicted molar refractivity (Wildman–Crippen MR) is 98.3 cm³/mol. The minimum absolute atomic E-state index is 0.0470. The molecule has 1 aromatic carbocycles. The number of carbonyl (C=O) groups excluding carboxylic acids is 1. The number of amides is 1. The minimum atomic E-state index is -0.748. The molecular weight excluding hydrogens is 361 g/mol. The molecular formula is C17H20FN3O4S. The van der Waals surface area contributed by atoms with Crippen LogP contribution >= 0.6 is 11.8 Å². The van der Waals surface area contributed by atoms with Crippen molar-refractivity contribution in [2.45, 2.75) is 17.9 Å². The van der Waals surface area contributed by atoms with Crippen LogP contribution in [0.3, 0.4) is 0 Å². The van der Waals surface area contributed by atoms with E-state index in [2.05, 4.69) is 10.3 Å².